The van der Waals surface area contributed by atoms with Crippen LogP contribution in [0.3, 0.4) is 0 Å². The van der Waals surface area contributed by atoms with Gasteiger partial charge in [0.25, 0.3) is 0 Å². The third kappa shape index (κ3) is 5.45. The normalized spacial score (nSPS) is 12.2. The first-order valence-corrected chi connectivity index (χ1v) is 7.11. The predicted molar refractivity (Wildman–Crippen MR) is 78.8 cm³/mol. The Hall–Kier alpha value is -2.05. The van der Waals surface area contributed by atoms with Gasteiger partial charge < -0.3 is 15.7 Å². The fraction of sp³-hybridized carbons (Fsp3) is 0.643. The summed E-state index contributed by atoms with van der Waals surface area (Å²) in [5, 5.41) is 18.6. The fourth-order valence-electron chi connectivity index (χ4n) is 2.07. The highest BCUT2D eigenvalue weighted by atomic mass is 16.4. The first-order valence-electron chi connectivity index (χ1n) is 7.11. The molecule has 0 spiro atoms. The lowest BCUT2D eigenvalue weighted by atomic mass is 10.0. The summed E-state index contributed by atoms with van der Waals surface area (Å²) in [6.45, 7) is 6.14. The van der Waals surface area contributed by atoms with Crippen molar-refractivity contribution in [1.82, 2.24) is 20.4 Å². The summed E-state index contributed by atoms with van der Waals surface area (Å²) < 4.78 is 1.72. The van der Waals surface area contributed by atoms with Crippen molar-refractivity contribution in [2.24, 2.45) is 13.0 Å². The number of amides is 2. The zero-order valence-corrected chi connectivity index (χ0v) is 13.0. The molecular formula is C14H24N4O3. The maximum Gasteiger partial charge on any atom is 0.315 e. The molecule has 0 aromatic carbocycles. The minimum atomic E-state index is -0.922. The number of carbonyl (C=O) groups excluding carboxylic acids is 1. The van der Waals surface area contributed by atoms with E-state index in [2.05, 4.69) is 15.7 Å². The van der Waals surface area contributed by atoms with Crippen molar-refractivity contribution in [2.75, 3.05) is 0 Å². The van der Waals surface area contributed by atoms with E-state index in [0.717, 1.165) is 17.7 Å². The highest BCUT2D eigenvalue weighted by Gasteiger charge is 2.19. The molecule has 1 heterocycles. The van der Waals surface area contributed by atoms with Gasteiger partial charge in [-0.15, -0.1) is 0 Å². The predicted octanol–water partition coefficient (Wildman–Crippen LogP) is 1.28. The molecule has 0 aliphatic heterocycles. The van der Waals surface area contributed by atoms with Crippen LogP contribution >= 0.6 is 0 Å². The van der Waals surface area contributed by atoms with E-state index >= 15 is 0 Å². The molecule has 7 nitrogen and oxygen atoms in total. The van der Waals surface area contributed by atoms with Crippen molar-refractivity contribution in [3.8, 4) is 0 Å². The van der Waals surface area contributed by atoms with Gasteiger partial charge in [-0.3, -0.25) is 9.48 Å². The molecule has 0 aliphatic carbocycles. The molecule has 0 saturated carbocycles. The van der Waals surface area contributed by atoms with Gasteiger partial charge in [-0.05, 0) is 12.3 Å². The van der Waals surface area contributed by atoms with Gasteiger partial charge in [-0.1, -0.05) is 20.8 Å². The average molecular weight is 296 g/mol. The van der Waals surface area contributed by atoms with E-state index in [1.165, 1.54) is 0 Å². The molecule has 0 radical (unpaired) electrons. The van der Waals surface area contributed by atoms with Crippen LogP contribution in [0.1, 0.15) is 38.4 Å². The fourth-order valence-corrected chi connectivity index (χ4v) is 2.07. The summed E-state index contributed by atoms with van der Waals surface area (Å²) in [7, 11) is 1.84. The number of aromatic nitrogens is 2. The van der Waals surface area contributed by atoms with Gasteiger partial charge in [0.2, 0.25) is 0 Å². The number of carbonyl (C=O) groups is 2. The van der Waals surface area contributed by atoms with E-state index in [1.54, 1.807) is 4.68 Å². The second-order valence-corrected chi connectivity index (χ2v) is 5.40. The summed E-state index contributed by atoms with van der Waals surface area (Å²) in [5.74, 6) is -0.869. The summed E-state index contributed by atoms with van der Waals surface area (Å²) in [4.78, 5) is 22.7. The van der Waals surface area contributed by atoms with Crippen LogP contribution in [0.25, 0.3) is 0 Å². The molecule has 1 rings (SSSR count). The number of hydrogen-bond donors (Lipinski definition) is 3. The molecule has 0 fully saturated rings. The average Bonchev–Trinajstić information content (AvgIpc) is 2.75. The molecule has 1 atom stereocenters. The van der Waals surface area contributed by atoms with Gasteiger partial charge in [-0.25, -0.2) is 4.79 Å². The number of aryl methyl sites for hydroxylation is 2. The largest absolute Gasteiger partial charge is 0.481 e. The van der Waals surface area contributed by atoms with Crippen LogP contribution in [-0.2, 0) is 24.8 Å². The molecule has 0 aliphatic rings. The smallest absolute Gasteiger partial charge is 0.315 e. The maximum atomic E-state index is 11.9. The van der Waals surface area contributed by atoms with E-state index in [9.17, 15) is 9.59 Å². The zero-order chi connectivity index (χ0) is 16.0. The number of nitrogens with zero attached hydrogens (tertiary/aromatic N) is 2. The van der Waals surface area contributed by atoms with Gasteiger partial charge in [0.1, 0.15) is 0 Å². The van der Waals surface area contributed by atoms with Crippen molar-refractivity contribution in [3.63, 3.8) is 0 Å². The summed E-state index contributed by atoms with van der Waals surface area (Å²) in [5.41, 5.74) is 1.92. The first-order chi connectivity index (χ1) is 9.83. The molecule has 1 aromatic heterocycles. The number of carboxylic acid groups (broad SMARTS) is 1. The van der Waals surface area contributed by atoms with E-state index < -0.39 is 5.97 Å². The third-order valence-corrected chi connectivity index (χ3v) is 3.28. The standard InChI is InChI=1S/C14H24N4O3/c1-5-11-10(8-18(4)17-11)7-15-14(21)16-12(9(2)3)6-13(19)20/h8-9,12H,5-7H2,1-4H3,(H,19,20)(H2,15,16,21). The van der Waals surface area contributed by atoms with Crippen LogP contribution in [0.4, 0.5) is 4.79 Å². The van der Waals surface area contributed by atoms with Crippen LogP contribution in [0.15, 0.2) is 6.20 Å². The summed E-state index contributed by atoms with van der Waals surface area (Å²) >= 11 is 0. The Morgan fingerprint density at radius 1 is 1.43 bits per heavy atom. The molecule has 3 N–H and O–H groups in total. The lowest BCUT2D eigenvalue weighted by Crippen LogP contribution is -2.45. The Bertz CT molecular complexity index is 496. The van der Waals surface area contributed by atoms with Crippen LogP contribution in [0.5, 0.6) is 0 Å². The topological polar surface area (TPSA) is 96.3 Å². The lowest BCUT2D eigenvalue weighted by molar-refractivity contribution is -0.137. The SMILES string of the molecule is CCc1nn(C)cc1CNC(=O)NC(CC(=O)O)C(C)C. The Labute approximate surface area is 124 Å². The zero-order valence-electron chi connectivity index (χ0n) is 13.0. The third-order valence-electron chi connectivity index (χ3n) is 3.28. The summed E-state index contributed by atoms with van der Waals surface area (Å²) in [6, 6.07) is -0.747. The molecule has 21 heavy (non-hydrogen) atoms. The van der Waals surface area contributed by atoms with Crippen LogP contribution in [-0.4, -0.2) is 32.9 Å². The first kappa shape index (κ1) is 17.0. The van der Waals surface area contributed by atoms with Crippen molar-refractivity contribution < 1.29 is 14.7 Å². The lowest BCUT2D eigenvalue weighted by Gasteiger charge is -2.20. The molecule has 0 saturated heterocycles. The Balaban J connectivity index is 2.54. The van der Waals surface area contributed by atoms with Crippen molar-refractivity contribution in [1.29, 1.82) is 0 Å². The van der Waals surface area contributed by atoms with Crippen LogP contribution in [0.2, 0.25) is 0 Å². The molecule has 7 heteroatoms. The van der Waals surface area contributed by atoms with Crippen LogP contribution < -0.4 is 10.6 Å². The second-order valence-electron chi connectivity index (χ2n) is 5.40. The van der Waals surface area contributed by atoms with E-state index in [-0.39, 0.29) is 24.4 Å². The number of nitrogens with one attached hydrogen (secondary N) is 2. The Morgan fingerprint density at radius 2 is 2.10 bits per heavy atom. The van der Waals surface area contributed by atoms with E-state index in [1.807, 2.05) is 34.0 Å². The van der Waals surface area contributed by atoms with Gasteiger partial charge in [0.15, 0.2) is 0 Å². The quantitative estimate of drug-likeness (QED) is 0.706. The molecular weight excluding hydrogens is 272 g/mol. The van der Waals surface area contributed by atoms with E-state index in [4.69, 9.17) is 5.11 Å². The van der Waals surface area contributed by atoms with Gasteiger partial charge >= 0.3 is 12.0 Å². The monoisotopic (exact) mass is 296 g/mol. The number of aliphatic carboxylic acids is 1. The number of carboxylic acids is 1. The summed E-state index contributed by atoms with van der Waals surface area (Å²) in [6.07, 6.45) is 2.58. The van der Waals surface area contributed by atoms with Crippen molar-refractivity contribution in [3.05, 3.63) is 17.5 Å². The van der Waals surface area contributed by atoms with Crippen LogP contribution in [0, 0.1) is 5.92 Å². The molecule has 1 unspecified atom stereocenters. The minimum absolute atomic E-state index is 0.0523. The molecule has 0 bridgehead atoms. The van der Waals surface area contributed by atoms with Gasteiger partial charge in [0.05, 0.1) is 12.1 Å². The second kappa shape index (κ2) is 7.66. The molecule has 2 amide bonds. The Morgan fingerprint density at radius 3 is 2.62 bits per heavy atom. The highest BCUT2D eigenvalue weighted by molar-refractivity contribution is 5.75. The molecule has 118 valence electrons. The van der Waals surface area contributed by atoms with Gasteiger partial charge in [-0.2, -0.15) is 5.10 Å². The van der Waals surface area contributed by atoms with Crippen molar-refractivity contribution >= 4 is 12.0 Å². The highest BCUT2D eigenvalue weighted by Crippen LogP contribution is 2.08. The number of urea groups is 1. The maximum absolute atomic E-state index is 11.9. The molecule has 1 aromatic rings. The van der Waals surface area contributed by atoms with Gasteiger partial charge in [0, 0.05) is 31.4 Å². The minimum Gasteiger partial charge on any atom is -0.481 e. The Kier molecular flexibility index (Phi) is 6.20. The number of rotatable bonds is 7. The number of hydrogen-bond acceptors (Lipinski definition) is 3. The van der Waals surface area contributed by atoms with E-state index in [0.29, 0.717) is 6.54 Å². The van der Waals surface area contributed by atoms with Crippen molar-refractivity contribution in [2.45, 2.75) is 46.2 Å².